The Kier molecular flexibility index (Phi) is 5.31. The average molecular weight is 425 g/mol. The van der Waals surface area contributed by atoms with Gasteiger partial charge in [0.05, 0.1) is 12.2 Å². The van der Waals surface area contributed by atoms with Crippen molar-refractivity contribution in [2.75, 3.05) is 6.54 Å². The molecule has 1 atom stereocenters. The van der Waals surface area contributed by atoms with E-state index < -0.39 is 40.7 Å². The summed E-state index contributed by atoms with van der Waals surface area (Å²) in [6.07, 6.45) is 0.943. The third-order valence-electron chi connectivity index (χ3n) is 5.57. The van der Waals surface area contributed by atoms with Crippen LogP contribution >= 0.6 is 0 Å². The largest absolute Gasteiger partial charge is 0.502 e. The van der Waals surface area contributed by atoms with Crippen LogP contribution in [0.25, 0.3) is 0 Å². The maximum Gasteiger partial charge on any atom is 0.276 e. The van der Waals surface area contributed by atoms with Gasteiger partial charge in [0, 0.05) is 18.5 Å². The lowest BCUT2D eigenvalue weighted by molar-refractivity contribution is 0.0570. The monoisotopic (exact) mass is 425 g/mol. The van der Waals surface area contributed by atoms with E-state index in [1.807, 2.05) is 13.8 Å². The highest BCUT2D eigenvalue weighted by Crippen LogP contribution is 2.40. The number of aromatic hydroxyl groups is 1. The Morgan fingerprint density at radius 3 is 2.13 bits per heavy atom. The molecule has 0 saturated carbocycles. The van der Waals surface area contributed by atoms with Gasteiger partial charge in [-0.2, -0.15) is 5.10 Å². The van der Waals surface area contributed by atoms with Gasteiger partial charge in [0.25, 0.3) is 5.91 Å². The number of carbonyl (C=O) groups is 1. The number of fused-ring (bicyclic) bond motifs is 1. The fraction of sp³-hybridized carbons (Fsp3) is 0.261. The highest BCUT2D eigenvalue weighted by atomic mass is 19.1. The molecule has 0 unspecified atom stereocenters. The smallest absolute Gasteiger partial charge is 0.276 e. The van der Waals surface area contributed by atoms with E-state index in [0.29, 0.717) is 11.1 Å². The molecular weight excluding hydrogens is 404 g/mol. The van der Waals surface area contributed by atoms with Crippen LogP contribution in [-0.4, -0.2) is 38.3 Å². The van der Waals surface area contributed by atoms with Crippen molar-refractivity contribution in [3.05, 3.63) is 93.4 Å². The maximum atomic E-state index is 14.1. The number of hydrogen-bond donors (Lipinski definition) is 1. The van der Waals surface area contributed by atoms with Crippen LogP contribution in [0.5, 0.6) is 5.75 Å². The fourth-order valence-corrected chi connectivity index (χ4v) is 4.14. The van der Waals surface area contributed by atoms with Gasteiger partial charge >= 0.3 is 0 Å². The lowest BCUT2D eigenvalue weighted by Crippen LogP contribution is -2.49. The van der Waals surface area contributed by atoms with Crippen LogP contribution in [0.3, 0.4) is 0 Å². The minimum absolute atomic E-state index is 0.177. The minimum Gasteiger partial charge on any atom is -0.502 e. The topological polar surface area (TPSA) is 75.4 Å². The molecule has 0 fully saturated rings. The highest BCUT2D eigenvalue weighted by Gasteiger charge is 2.40. The van der Waals surface area contributed by atoms with Gasteiger partial charge < -0.3 is 10.0 Å². The van der Waals surface area contributed by atoms with Crippen LogP contribution in [0.2, 0.25) is 0 Å². The molecule has 2 aromatic carbocycles. The molecule has 1 aromatic heterocycles. The summed E-state index contributed by atoms with van der Waals surface area (Å²) in [5.41, 5.74) is 0.117. The van der Waals surface area contributed by atoms with E-state index in [4.69, 9.17) is 0 Å². The molecule has 160 valence electrons. The molecule has 0 bridgehead atoms. The zero-order chi connectivity index (χ0) is 22.3. The lowest BCUT2D eigenvalue weighted by Gasteiger charge is -2.40. The Bertz CT molecular complexity index is 1160. The summed E-state index contributed by atoms with van der Waals surface area (Å²) in [6, 6.07) is 11.0. The Labute approximate surface area is 177 Å². The molecule has 3 aromatic rings. The molecular formula is C23H21F2N3O3. The second-order valence-electron chi connectivity index (χ2n) is 7.86. The SMILES string of the molecule is CC(C)N1C[C@H](C(c2cccc(F)c2)c2cccc(F)c2)n2ncc(=O)c(O)c2C1=O. The van der Waals surface area contributed by atoms with Crippen molar-refractivity contribution in [3.63, 3.8) is 0 Å². The number of halogens is 2. The van der Waals surface area contributed by atoms with E-state index in [1.165, 1.54) is 33.8 Å². The fourth-order valence-electron chi connectivity index (χ4n) is 4.14. The standard InChI is InChI=1S/C23H21F2N3O3/c1-13(2)27-12-18(28-21(23(27)31)22(30)19(29)11-26-28)20(14-5-3-7-16(24)9-14)15-6-4-8-17(25)10-15/h3-11,13,18,20,30H,12H2,1-2H3/t18-/m1/s1. The first-order valence-corrected chi connectivity index (χ1v) is 9.90. The molecule has 0 saturated heterocycles. The molecule has 4 rings (SSSR count). The summed E-state index contributed by atoms with van der Waals surface area (Å²) >= 11 is 0. The van der Waals surface area contributed by atoms with Crippen molar-refractivity contribution in [1.29, 1.82) is 0 Å². The number of aromatic nitrogens is 2. The van der Waals surface area contributed by atoms with Gasteiger partial charge in [-0.3, -0.25) is 14.3 Å². The van der Waals surface area contributed by atoms with Gasteiger partial charge in [-0.05, 0) is 49.2 Å². The molecule has 0 aliphatic carbocycles. The molecule has 8 heteroatoms. The van der Waals surface area contributed by atoms with E-state index in [-0.39, 0.29) is 18.3 Å². The van der Waals surface area contributed by atoms with E-state index >= 15 is 0 Å². The Morgan fingerprint density at radius 2 is 1.61 bits per heavy atom. The second kappa shape index (κ2) is 7.94. The van der Waals surface area contributed by atoms with Crippen molar-refractivity contribution in [2.24, 2.45) is 0 Å². The van der Waals surface area contributed by atoms with Crippen LogP contribution < -0.4 is 5.43 Å². The van der Waals surface area contributed by atoms with E-state index in [0.717, 1.165) is 6.20 Å². The third kappa shape index (κ3) is 3.69. The summed E-state index contributed by atoms with van der Waals surface area (Å²) in [5, 5.41) is 14.5. The Hall–Kier alpha value is -3.55. The average Bonchev–Trinajstić information content (AvgIpc) is 2.72. The van der Waals surface area contributed by atoms with Gasteiger partial charge in [0.15, 0.2) is 11.4 Å². The predicted molar refractivity (Wildman–Crippen MR) is 110 cm³/mol. The number of carbonyl (C=O) groups excluding carboxylic acids is 1. The first-order chi connectivity index (χ1) is 14.8. The molecule has 1 aliphatic rings. The molecule has 1 N–H and O–H groups in total. The molecule has 0 radical (unpaired) electrons. The number of nitrogens with zero attached hydrogens (tertiary/aromatic N) is 3. The van der Waals surface area contributed by atoms with Gasteiger partial charge in [-0.15, -0.1) is 0 Å². The van der Waals surface area contributed by atoms with Gasteiger partial charge in [0.1, 0.15) is 11.6 Å². The zero-order valence-electron chi connectivity index (χ0n) is 17.0. The summed E-state index contributed by atoms with van der Waals surface area (Å²) in [5.74, 6) is -2.72. The van der Waals surface area contributed by atoms with Crippen molar-refractivity contribution >= 4 is 5.91 Å². The summed E-state index contributed by atoms with van der Waals surface area (Å²) in [6.45, 7) is 3.81. The molecule has 6 nitrogen and oxygen atoms in total. The van der Waals surface area contributed by atoms with Gasteiger partial charge in [-0.25, -0.2) is 8.78 Å². The second-order valence-corrected chi connectivity index (χ2v) is 7.86. The first kappa shape index (κ1) is 20.7. The van der Waals surface area contributed by atoms with E-state index in [2.05, 4.69) is 5.10 Å². The van der Waals surface area contributed by atoms with E-state index in [9.17, 15) is 23.5 Å². The van der Waals surface area contributed by atoms with Crippen molar-refractivity contribution < 1.29 is 18.7 Å². The molecule has 2 heterocycles. The first-order valence-electron chi connectivity index (χ1n) is 9.90. The number of benzene rings is 2. The van der Waals surface area contributed by atoms with E-state index in [1.54, 1.807) is 24.3 Å². The van der Waals surface area contributed by atoms with Crippen LogP contribution in [0.1, 0.15) is 47.4 Å². The van der Waals surface area contributed by atoms with Crippen molar-refractivity contribution in [3.8, 4) is 5.75 Å². The van der Waals surface area contributed by atoms with Crippen molar-refractivity contribution in [2.45, 2.75) is 31.8 Å². The zero-order valence-corrected chi connectivity index (χ0v) is 17.0. The Morgan fingerprint density at radius 1 is 1.03 bits per heavy atom. The lowest BCUT2D eigenvalue weighted by atomic mass is 9.83. The minimum atomic E-state index is -0.767. The highest BCUT2D eigenvalue weighted by molar-refractivity contribution is 5.96. The quantitative estimate of drug-likeness (QED) is 0.695. The van der Waals surface area contributed by atoms with Gasteiger partial charge in [0.2, 0.25) is 5.43 Å². The van der Waals surface area contributed by atoms with Crippen LogP contribution in [0.4, 0.5) is 8.78 Å². The van der Waals surface area contributed by atoms with Crippen LogP contribution in [0, 0.1) is 11.6 Å². The molecule has 1 aliphatic heterocycles. The summed E-state index contributed by atoms with van der Waals surface area (Å²) < 4.78 is 29.6. The third-order valence-corrected chi connectivity index (χ3v) is 5.57. The number of amides is 1. The molecule has 0 spiro atoms. The normalized spacial score (nSPS) is 16.1. The van der Waals surface area contributed by atoms with Gasteiger partial charge in [-0.1, -0.05) is 24.3 Å². The summed E-state index contributed by atoms with van der Waals surface area (Å²) in [7, 11) is 0. The number of hydrogen-bond acceptors (Lipinski definition) is 4. The predicted octanol–water partition coefficient (Wildman–Crippen LogP) is 3.46. The Balaban J connectivity index is 1.98. The van der Waals surface area contributed by atoms with Crippen LogP contribution in [-0.2, 0) is 0 Å². The number of rotatable bonds is 4. The maximum absolute atomic E-state index is 14.1. The summed E-state index contributed by atoms with van der Waals surface area (Å²) in [4.78, 5) is 26.6. The van der Waals surface area contributed by atoms with Crippen molar-refractivity contribution in [1.82, 2.24) is 14.7 Å². The van der Waals surface area contributed by atoms with Crippen LogP contribution in [0.15, 0.2) is 59.5 Å². The molecule has 1 amide bonds. The molecule has 31 heavy (non-hydrogen) atoms.